The van der Waals surface area contributed by atoms with Gasteiger partial charge in [-0.15, -0.1) is 0 Å². The van der Waals surface area contributed by atoms with Crippen LogP contribution in [0.15, 0.2) is 29.3 Å². The molecule has 1 aromatic carbocycles. The standard InChI is InChI=1S/C20H31N5O/c1-14(12-19-15(2)24-25(5)16(19)3)23-20(21-4)22-11-10-17-8-7-9-18(13-17)26-6/h7-9,13-14H,10-12H2,1-6H3,(H2,21,22,23). The van der Waals surface area contributed by atoms with Crippen molar-refractivity contribution in [3.05, 3.63) is 46.8 Å². The van der Waals surface area contributed by atoms with Gasteiger partial charge >= 0.3 is 0 Å². The number of benzene rings is 1. The van der Waals surface area contributed by atoms with E-state index in [0.29, 0.717) is 0 Å². The van der Waals surface area contributed by atoms with E-state index in [9.17, 15) is 0 Å². The van der Waals surface area contributed by atoms with Gasteiger partial charge in [-0.2, -0.15) is 5.10 Å². The fourth-order valence-electron chi connectivity index (χ4n) is 3.05. The molecule has 1 heterocycles. The third-order valence-electron chi connectivity index (χ3n) is 4.62. The van der Waals surface area contributed by atoms with Crippen LogP contribution in [0, 0.1) is 13.8 Å². The van der Waals surface area contributed by atoms with Crippen LogP contribution in [-0.2, 0) is 19.9 Å². The molecule has 0 bridgehead atoms. The van der Waals surface area contributed by atoms with Crippen LogP contribution >= 0.6 is 0 Å². The van der Waals surface area contributed by atoms with E-state index in [4.69, 9.17) is 4.74 Å². The van der Waals surface area contributed by atoms with E-state index >= 15 is 0 Å². The fraction of sp³-hybridized carbons (Fsp3) is 0.500. The molecule has 142 valence electrons. The number of aliphatic imine (C=N–C) groups is 1. The summed E-state index contributed by atoms with van der Waals surface area (Å²) in [4.78, 5) is 4.33. The highest BCUT2D eigenvalue weighted by Gasteiger charge is 2.13. The number of aromatic nitrogens is 2. The van der Waals surface area contributed by atoms with Gasteiger partial charge in [-0.25, -0.2) is 0 Å². The summed E-state index contributed by atoms with van der Waals surface area (Å²) in [5.41, 5.74) is 4.86. The second kappa shape index (κ2) is 9.27. The zero-order chi connectivity index (χ0) is 19.1. The van der Waals surface area contributed by atoms with E-state index in [-0.39, 0.29) is 6.04 Å². The van der Waals surface area contributed by atoms with Crippen molar-refractivity contribution in [1.29, 1.82) is 0 Å². The molecule has 0 fully saturated rings. The highest BCUT2D eigenvalue weighted by molar-refractivity contribution is 5.79. The Balaban J connectivity index is 1.84. The third-order valence-corrected chi connectivity index (χ3v) is 4.62. The predicted molar refractivity (Wildman–Crippen MR) is 107 cm³/mol. The predicted octanol–water partition coefficient (Wildman–Crippen LogP) is 2.38. The molecule has 0 saturated carbocycles. The largest absolute Gasteiger partial charge is 0.497 e. The van der Waals surface area contributed by atoms with Crippen LogP contribution in [0.25, 0.3) is 0 Å². The summed E-state index contributed by atoms with van der Waals surface area (Å²) in [7, 11) is 5.48. The maximum Gasteiger partial charge on any atom is 0.191 e. The van der Waals surface area contributed by atoms with Gasteiger partial charge in [0.25, 0.3) is 0 Å². The molecular weight excluding hydrogens is 326 g/mol. The molecule has 0 amide bonds. The van der Waals surface area contributed by atoms with Gasteiger partial charge in [-0.05, 0) is 56.9 Å². The van der Waals surface area contributed by atoms with Gasteiger partial charge in [0.2, 0.25) is 0 Å². The number of methoxy groups -OCH3 is 1. The fourth-order valence-corrected chi connectivity index (χ4v) is 3.05. The molecule has 0 radical (unpaired) electrons. The molecule has 1 unspecified atom stereocenters. The van der Waals surface area contributed by atoms with Crippen LogP contribution in [0.5, 0.6) is 5.75 Å². The number of nitrogens with zero attached hydrogens (tertiary/aromatic N) is 3. The van der Waals surface area contributed by atoms with Crippen molar-refractivity contribution >= 4 is 5.96 Å². The Morgan fingerprint density at radius 2 is 2.12 bits per heavy atom. The molecule has 0 aliphatic rings. The van der Waals surface area contributed by atoms with Crippen molar-refractivity contribution in [2.24, 2.45) is 12.0 Å². The molecule has 2 aromatic rings. The summed E-state index contributed by atoms with van der Waals surface area (Å²) in [5, 5.41) is 11.3. The van der Waals surface area contributed by atoms with Crippen LogP contribution < -0.4 is 15.4 Å². The number of rotatable bonds is 7. The van der Waals surface area contributed by atoms with Crippen LogP contribution in [0.2, 0.25) is 0 Å². The van der Waals surface area contributed by atoms with E-state index in [0.717, 1.165) is 36.8 Å². The first kappa shape index (κ1) is 19.8. The Morgan fingerprint density at radius 1 is 1.35 bits per heavy atom. The van der Waals surface area contributed by atoms with E-state index in [2.05, 4.69) is 53.6 Å². The van der Waals surface area contributed by atoms with Gasteiger partial charge in [0.05, 0.1) is 12.8 Å². The van der Waals surface area contributed by atoms with Gasteiger partial charge in [-0.1, -0.05) is 12.1 Å². The lowest BCUT2D eigenvalue weighted by molar-refractivity contribution is 0.414. The summed E-state index contributed by atoms with van der Waals surface area (Å²) >= 11 is 0. The highest BCUT2D eigenvalue weighted by Crippen LogP contribution is 2.14. The molecule has 0 aliphatic heterocycles. The van der Waals surface area contributed by atoms with Crippen molar-refractivity contribution in [3.63, 3.8) is 0 Å². The Kier molecular flexibility index (Phi) is 7.06. The van der Waals surface area contributed by atoms with Crippen LogP contribution in [0.1, 0.15) is 29.4 Å². The van der Waals surface area contributed by atoms with Crippen molar-refractivity contribution in [1.82, 2.24) is 20.4 Å². The lowest BCUT2D eigenvalue weighted by atomic mass is 10.1. The number of nitrogens with one attached hydrogen (secondary N) is 2. The number of ether oxygens (including phenoxy) is 1. The molecule has 2 N–H and O–H groups in total. The van der Waals surface area contributed by atoms with Crippen molar-refractivity contribution in [2.45, 2.75) is 39.7 Å². The Morgan fingerprint density at radius 3 is 2.73 bits per heavy atom. The molecule has 6 nitrogen and oxygen atoms in total. The van der Waals surface area contributed by atoms with Crippen LogP contribution in [0.4, 0.5) is 0 Å². The molecule has 0 saturated heterocycles. The van der Waals surface area contributed by atoms with Gasteiger partial charge in [0, 0.05) is 32.4 Å². The normalized spacial score (nSPS) is 12.8. The number of aryl methyl sites for hydroxylation is 2. The van der Waals surface area contributed by atoms with Crippen LogP contribution in [0.3, 0.4) is 0 Å². The van der Waals surface area contributed by atoms with E-state index in [1.807, 2.05) is 23.9 Å². The Hall–Kier alpha value is -2.50. The monoisotopic (exact) mass is 357 g/mol. The van der Waals surface area contributed by atoms with Crippen molar-refractivity contribution < 1.29 is 4.74 Å². The van der Waals surface area contributed by atoms with E-state index < -0.39 is 0 Å². The van der Waals surface area contributed by atoms with Crippen molar-refractivity contribution in [2.75, 3.05) is 20.7 Å². The summed E-state index contributed by atoms with van der Waals surface area (Å²) in [6, 6.07) is 8.41. The average molecular weight is 358 g/mol. The highest BCUT2D eigenvalue weighted by atomic mass is 16.5. The number of guanidine groups is 1. The number of hydrogen-bond donors (Lipinski definition) is 2. The first-order valence-corrected chi connectivity index (χ1v) is 9.03. The van der Waals surface area contributed by atoms with E-state index in [1.165, 1.54) is 16.8 Å². The molecule has 1 atom stereocenters. The average Bonchev–Trinajstić information content (AvgIpc) is 2.87. The Bertz CT molecular complexity index is 751. The minimum Gasteiger partial charge on any atom is -0.497 e. The second-order valence-electron chi connectivity index (χ2n) is 6.62. The minimum absolute atomic E-state index is 0.264. The third kappa shape index (κ3) is 5.25. The maximum atomic E-state index is 5.27. The lowest BCUT2D eigenvalue weighted by Gasteiger charge is -2.18. The topological polar surface area (TPSA) is 63.5 Å². The summed E-state index contributed by atoms with van der Waals surface area (Å²) < 4.78 is 7.21. The maximum absolute atomic E-state index is 5.27. The van der Waals surface area contributed by atoms with Crippen LogP contribution in [-0.4, -0.2) is 42.5 Å². The van der Waals surface area contributed by atoms with Gasteiger partial charge < -0.3 is 15.4 Å². The lowest BCUT2D eigenvalue weighted by Crippen LogP contribution is -2.43. The minimum atomic E-state index is 0.264. The molecule has 26 heavy (non-hydrogen) atoms. The molecule has 1 aromatic heterocycles. The van der Waals surface area contributed by atoms with Gasteiger partial charge in [-0.3, -0.25) is 9.67 Å². The van der Waals surface area contributed by atoms with Crippen molar-refractivity contribution in [3.8, 4) is 5.75 Å². The number of hydrogen-bond acceptors (Lipinski definition) is 3. The zero-order valence-electron chi connectivity index (χ0n) is 16.8. The smallest absolute Gasteiger partial charge is 0.191 e. The Labute approximate surface area is 156 Å². The first-order chi connectivity index (χ1) is 12.4. The zero-order valence-corrected chi connectivity index (χ0v) is 16.8. The molecule has 0 aliphatic carbocycles. The van der Waals surface area contributed by atoms with Gasteiger partial charge in [0.1, 0.15) is 5.75 Å². The second-order valence-corrected chi connectivity index (χ2v) is 6.62. The van der Waals surface area contributed by atoms with Gasteiger partial charge in [0.15, 0.2) is 5.96 Å². The quantitative estimate of drug-likeness (QED) is 0.590. The summed E-state index contributed by atoms with van der Waals surface area (Å²) in [6.45, 7) is 7.16. The summed E-state index contributed by atoms with van der Waals surface area (Å²) in [6.07, 6.45) is 1.83. The first-order valence-electron chi connectivity index (χ1n) is 9.03. The van der Waals surface area contributed by atoms with E-state index in [1.54, 1.807) is 14.2 Å². The molecular formula is C20H31N5O. The molecule has 2 rings (SSSR count). The molecule has 0 spiro atoms. The molecule has 6 heteroatoms. The summed E-state index contributed by atoms with van der Waals surface area (Å²) in [5.74, 6) is 1.71. The SMILES string of the molecule is CN=C(NCCc1cccc(OC)c1)NC(C)Cc1c(C)nn(C)c1C.